The number of fused-ring (bicyclic) bond motifs is 1. The van der Waals surface area contributed by atoms with Crippen molar-refractivity contribution in [1.82, 2.24) is 19.5 Å². The molecule has 1 aliphatic rings. The lowest BCUT2D eigenvalue weighted by molar-refractivity contribution is -0.199. The van der Waals surface area contributed by atoms with Crippen molar-refractivity contribution in [2.45, 2.75) is 24.6 Å². The summed E-state index contributed by atoms with van der Waals surface area (Å²) in [7, 11) is -4.81. The van der Waals surface area contributed by atoms with Crippen LogP contribution in [0.25, 0.3) is 11.2 Å². The first-order valence-corrected chi connectivity index (χ1v) is 8.10. The molecule has 0 amide bonds. The lowest BCUT2D eigenvalue weighted by Crippen LogP contribution is -2.30. The first-order chi connectivity index (χ1) is 11.1. The number of hydrogen-bond acceptors (Lipinski definition) is 8. The molecule has 3 heterocycles. The number of rotatable bonds is 4. The molecule has 12 nitrogen and oxygen atoms in total. The Labute approximate surface area is 132 Å². The van der Waals surface area contributed by atoms with E-state index in [0.717, 1.165) is 10.9 Å². The monoisotopic (exact) mass is 365 g/mol. The van der Waals surface area contributed by atoms with Crippen molar-refractivity contribution < 1.29 is 33.1 Å². The molecule has 14 heteroatoms. The van der Waals surface area contributed by atoms with Gasteiger partial charge in [0.05, 0.1) is 19.1 Å². The molecule has 3 rings (SSSR count). The zero-order valence-corrected chi connectivity index (χ0v) is 12.8. The van der Waals surface area contributed by atoms with Crippen LogP contribution in [-0.2, 0) is 19.8 Å². The minimum Gasteiger partial charge on any atom is -0.390 e. The van der Waals surface area contributed by atoms with Crippen LogP contribution in [0.3, 0.4) is 0 Å². The molecule has 132 valence electrons. The molecule has 0 unspecified atom stereocenters. The molecule has 0 radical (unpaired) electrons. The molecule has 2 aromatic heterocycles. The van der Waals surface area contributed by atoms with Gasteiger partial charge in [-0.25, -0.2) is 9.55 Å². The molecule has 0 spiro atoms. The third-order valence-corrected chi connectivity index (χ3v) is 3.90. The van der Waals surface area contributed by atoms with E-state index in [9.17, 15) is 14.5 Å². The molecule has 1 fully saturated rings. The number of hydrogen-bond donors (Lipinski definition) is 5. The van der Waals surface area contributed by atoms with Crippen molar-refractivity contribution in [2.24, 2.45) is 0 Å². The quantitative estimate of drug-likeness (QED) is 0.401. The van der Waals surface area contributed by atoms with Gasteiger partial charge in [-0.15, -0.1) is 0 Å². The normalized spacial score (nSPS) is 27.8. The van der Waals surface area contributed by atoms with E-state index in [1.165, 1.54) is 0 Å². The molecule has 0 saturated carbocycles. The molecular weight excluding hydrogens is 352 g/mol. The topological polar surface area (TPSA) is 186 Å². The van der Waals surface area contributed by atoms with Crippen LogP contribution < -0.4 is 11.3 Å². The average molecular weight is 365 g/mol. The predicted octanol–water partition coefficient (Wildman–Crippen LogP) is -1.46. The summed E-state index contributed by atoms with van der Waals surface area (Å²) < 4.78 is 35.8. The Bertz CT molecular complexity index is 880. The van der Waals surface area contributed by atoms with Crippen LogP contribution in [0.15, 0.2) is 11.1 Å². The number of halogens is 1. The summed E-state index contributed by atoms with van der Waals surface area (Å²) in [6.45, 7) is -0.736. The van der Waals surface area contributed by atoms with Crippen molar-refractivity contribution in [3.63, 3.8) is 0 Å². The van der Waals surface area contributed by atoms with Crippen LogP contribution in [0.5, 0.6) is 0 Å². The molecule has 1 aliphatic heterocycles. The fraction of sp³-hybridized carbons (Fsp3) is 0.500. The maximum Gasteiger partial charge on any atom is 0.469 e. The Morgan fingerprint density at radius 2 is 2.33 bits per heavy atom. The summed E-state index contributed by atoms with van der Waals surface area (Å²) >= 11 is 0. The highest BCUT2D eigenvalue weighted by atomic mass is 31.2. The number of aliphatic hydroxyl groups is 1. The lowest BCUT2D eigenvalue weighted by Gasteiger charge is -2.21. The number of H-pyrrole nitrogens is 1. The Kier molecular flexibility index (Phi) is 3.94. The number of nitrogens with one attached hydrogen (secondary N) is 1. The lowest BCUT2D eigenvalue weighted by atomic mass is 10.2. The second kappa shape index (κ2) is 5.58. The van der Waals surface area contributed by atoms with E-state index < -0.39 is 44.6 Å². The number of alkyl halides is 1. The van der Waals surface area contributed by atoms with E-state index in [2.05, 4.69) is 19.5 Å². The van der Waals surface area contributed by atoms with E-state index in [-0.39, 0.29) is 17.1 Å². The number of aromatic amines is 1. The van der Waals surface area contributed by atoms with Crippen LogP contribution in [-0.4, -0.2) is 53.2 Å². The minimum absolute atomic E-state index is 0.186. The summed E-state index contributed by atoms with van der Waals surface area (Å²) in [6, 6.07) is 0. The molecule has 0 aliphatic carbocycles. The van der Waals surface area contributed by atoms with E-state index in [1.807, 2.05) is 0 Å². The molecule has 0 aromatic carbocycles. The van der Waals surface area contributed by atoms with E-state index in [4.69, 9.17) is 20.3 Å². The van der Waals surface area contributed by atoms with Gasteiger partial charge < -0.3 is 25.4 Å². The summed E-state index contributed by atoms with van der Waals surface area (Å²) in [5, 5.41) is 9.86. The Hall–Kier alpha value is -1.89. The first-order valence-electron chi connectivity index (χ1n) is 6.57. The molecule has 3 atom stereocenters. The number of ether oxygens (including phenoxy) is 1. The largest absolute Gasteiger partial charge is 0.469 e. The molecule has 0 bridgehead atoms. The SMILES string of the molecule is Nc1nc2c(ncn2[C@@]2(F)C[C@H](O)[C@@H](COP(=O)(O)O)O2)c(=O)[nH]1. The van der Waals surface area contributed by atoms with Gasteiger partial charge in [-0.3, -0.25) is 18.9 Å². The van der Waals surface area contributed by atoms with Crippen molar-refractivity contribution in [2.75, 3.05) is 12.3 Å². The second-order valence-corrected chi connectivity index (χ2v) is 6.38. The minimum atomic E-state index is -4.81. The van der Waals surface area contributed by atoms with E-state index in [0.29, 0.717) is 0 Å². The fourth-order valence-corrected chi connectivity index (χ4v) is 2.73. The maximum atomic E-state index is 15.1. The highest BCUT2D eigenvalue weighted by Gasteiger charge is 2.49. The van der Waals surface area contributed by atoms with E-state index in [1.54, 1.807) is 0 Å². The zero-order chi connectivity index (χ0) is 17.7. The number of anilines is 1. The van der Waals surface area contributed by atoms with Crippen molar-refractivity contribution >= 4 is 24.9 Å². The van der Waals surface area contributed by atoms with Crippen LogP contribution in [0.1, 0.15) is 6.42 Å². The average Bonchev–Trinajstić information content (AvgIpc) is 2.98. The summed E-state index contributed by atoms with van der Waals surface area (Å²) in [5.41, 5.74) is 4.35. The van der Waals surface area contributed by atoms with E-state index >= 15 is 4.39 Å². The van der Waals surface area contributed by atoms with Gasteiger partial charge in [0.2, 0.25) is 5.95 Å². The Balaban J connectivity index is 1.92. The van der Waals surface area contributed by atoms with Gasteiger partial charge in [0.15, 0.2) is 11.2 Å². The summed E-state index contributed by atoms with van der Waals surface area (Å²) in [6.07, 6.45) is -2.41. The third-order valence-electron chi connectivity index (χ3n) is 3.41. The van der Waals surface area contributed by atoms with Gasteiger partial charge >= 0.3 is 7.82 Å². The van der Waals surface area contributed by atoms with Gasteiger partial charge in [-0.2, -0.15) is 9.37 Å². The van der Waals surface area contributed by atoms with Crippen molar-refractivity contribution in [3.05, 3.63) is 16.7 Å². The maximum absolute atomic E-state index is 15.1. The number of phosphoric acid groups is 1. The Morgan fingerprint density at radius 3 is 3.00 bits per heavy atom. The number of nitrogen functional groups attached to an aromatic ring is 1. The fourth-order valence-electron chi connectivity index (χ4n) is 2.39. The molecule has 24 heavy (non-hydrogen) atoms. The smallest absolute Gasteiger partial charge is 0.390 e. The van der Waals surface area contributed by atoms with Crippen molar-refractivity contribution in [3.8, 4) is 0 Å². The van der Waals surface area contributed by atoms with Crippen LogP contribution in [0.4, 0.5) is 10.3 Å². The van der Waals surface area contributed by atoms with Crippen LogP contribution in [0, 0.1) is 0 Å². The third kappa shape index (κ3) is 3.05. The second-order valence-electron chi connectivity index (χ2n) is 5.14. The van der Waals surface area contributed by atoms with Gasteiger partial charge in [0.1, 0.15) is 12.4 Å². The first kappa shape index (κ1) is 17.0. The van der Waals surface area contributed by atoms with Gasteiger partial charge in [-0.05, 0) is 0 Å². The number of nitrogens with two attached hydrogens (primary N) is 1. The summed E-state index contributed by atoms with van der Waals surface area (Å²) in [5.74, 6) is -2.91. The summed E-state index contributed by atoms with van der Waals surface area (Å²) in [4.78, 5) is 38.7. The predicted molar refractivity (Wildman–Crippen MR) is 75.1 cm³/mol. The van der Waals surface area contributed by atoms with Crippen LogP contribution in [0.2, 0.25) is 0 Å². The standard InChI is InChI=1S/C10H13FN5O7P/c11-10(1-4(17)5(23-10)2-22-24(19,20)21)16-3-13-6-7(16)14-9(12)15-8(6)18/h3-5,17H,1-2H2,(H2,19,20,21)(H3,12,14,15,18)/t4-,5+,10-/m0/s1. The van der Waals surface area contributed by atoms with Crippen LogP contribution >= 0.6 is 7.82 Å². The highest BCUT2D eigenvalue weighted by molar-refractivity contribution is 7.46. The number of phosphoric ester groups is 1. The number of imidazole rings is 1. The number of aromatic nitrogens is 4. The molecular formula is C10H13FN5O7P. The number of aliphatic hydroxyl groups excluding tert-OH is 1. The van der Waals surface area contributed by atoms with Gasteiger partial charge in [0.25, 0.3) is 11.5 Å². The molecule has 6 N–H and O–H groups in total. The Morgan fingerprint density at radius 1 is 1.62 bits per heavy atom. The number of nitrogens with zero attached hydrogens (tertiary/aromatic N) is 3. The van der Waals surface area contributed by atoms with Crippen molar-refractivity contribution in [1.29, 1.82) is 0 Å². The highest BCUT2D eigenvalue weighted by Crippen LogP contribution is 2.41. The van der Waals surface area contributed by atoms with Gasteiger partial charge in [-0.1, -0.05) is 0 Å². The van der Waals surface area contributed by atoms with Gasteiger partial charge in [0, 0.05) is 0 Å². The molecule has 2 aromatic rings. The zero-order valence-electron chi connectivity index (χ0n) is 11.9. The molecule has 1 saturated heterocycles.